The zero-order chi connectivity index (χ0) is 23.4. The molecular weight excluding hydrogens is 500 g/mol. The fourth-order valence-electron chi connectivity index (χ4n) is 3.26. The fourth-order valence-corrected chi connectivity index (χ4v) is 4.52. The minimum atomic E-state index is -0.184. The topological polar surface area (TPSA) is 59.9 Å². The van der Waals surface area contributed by atoms with Crippen molar-refractivity contribution >= 4 is 50.5 Å². The standard InChI is InChI=1S/C26H23BrN2O3S/c1-16-7-9-20(10-8-16)28-26-29-25(30)24(33-26)13-19-12-22(31-3)23(14-21(19)27)32-15-18-6-4-5-17(2)11-18/h4-14H,15H2,1-3H3,(H,28,29,30)/b24-13+. The number of hydrogen-bond acceptors (Lipinski definition) is 5. The Morgan fingerprint density at radius 2 is 1.82 bits per heavy atom. The number of amides is 1. The van der Waals surface area contributed by atoms with E-state index in [4.69, 9.17) is 9.47 Å². The minimum Gasteiger partial charge on any atom is -0.493 e. The Labute approximate surface area is 206 Å². The van der Waals surface area contributed by atoms with Crippen molar-refractivity contribution < 1.29 is 14.3 Å². The lowest BCUT2D eigenvalue weighted by molar-refractivity contribution is -0.115. The van der Waals surface area contributed by atoms with E-state index in [1.54, 1.807) is 7.11 Å². The molecule has 0 radical (unpaired) electrons. The monoisotopic (exact) mass is 522 g/mol. The number of carbonyl (C=O) groups excluding carboxylic acids is 1. The van der Waals surface area contributed by atoms with Gasteiger partial charge in [-0.15, -0.1) is 0 Å². The number of amidine groups is 1. The van der Waals surface area contributed by atoms with Crippen molar-refractivity contribution in [2.24, 2.45) is 4.99 Å². The Kier molecular flexibility index (Phi) is 7.20. The highest BCUT2D eigenvalue weighted by molar-refractivity contribution is 9.10. The molecule has 0 bridgehead atoms. The van der Waals surface area contributed by atoms with Gasteiger partial charge in [0.2, 0.25) is 0 Å². The maximum atomic E-state index is 12.5. The van der Waals surface area contributed by atoms with Crippen LogP contribution in [0.15, 0.2) is 75.0 Å². The largest absolute Gasteiger partial charge is 0.493 e. The van der Waals surface area contributed by atoms with Crippen molar-refractivity contribution in [1.82, 2.24) is 5.32 Å². The summed E-state index contributed by atoms with van der Waals surface area (Å²) in [4.78, 5) is 17.6. The first-order chi connectivity index (χ1) is 15.9. The summed E-state index contributed by atoms with van der Waals surface area (Å²) in [7, 11) is 1.60. The molecule has 0 aliphatic carbocycles. The highest BCUT2D eigenvalue weighted by atomic mass is 79.9. The predicted molar refractivity (Wildman–Crippen MR) is 138 cm³/mol. The van der Waals surface area contributed by atoms with Crippen LogP contribution < -0.4 is 14.8 Å². The highest BCUT2D eigenvalue weighted by Crippen LogP contribution is 2.37. The van der Waals surface area contributed by atoms with E-state index in [-0.39, 0.29) is 5.91 Å². The molecule has 0 saturated carbocycles. The lowest BCUT2D eigenvalue weighted by Crippen LogP contribution is -2.19. The second-order valence-electron chi connectivity index (χ2n) is 7.62. The smallest absolute Gasteiger partial charge is 0.264 e. The van der Waals surface area contributed by atoms with Crippen molar-refractivity contribution in [2.45, 2.75) is 20.5 Å². The van der Waals surface area contributed by atoms with Gasteiger partial charge in [-0.05, 0) is 67.1 Å². The van der Waals surface area contributed by atoms with Gasteiger partial charge in [0, 0.05) is 4.47 Å². The average Bonchev–Trinajstić information content (AvgIpc) is 3.14. The van der Waals surface area contributed by atoms with Crippen molar-refractivity contribution in [1.29, 1.82) is 0 Å². The fraction of sp³-hybridized carbons (Fsp3) is 0.154. The van der Waals surface area contributed by atoms with Gasteiger partial charge in [0.1, 0.15) is 6.61 Å². The summed E-state index contributed by atoms with van der Waals surface area (Å²) in [6, 6.07) is 19.7. The summed E-state index contributed by atoms with van der Waals surface area (Å²) >= 11 is 4.91. The van der Waals surface area contributed by atoms with E-state index in [0.29, 0.717) is 28.2 Å². The van der Waals surface area contributed by atoms with Crippen LogP contribution in [-0.4, -0.2) is 18.2 Å². The van der Waals surface area contributed by atoms with E-state index in [9.17, 15) is 4.79 Å². The second-order valence-corrected chi connectivity index (χ2v) is 9.50. The van der Waals surface area contributed by atoms with E-state index in [1.165, 1.54) is 17.3 Å². The number of nitrogens with one attached hydrogen (secondary N) is 1. The third kappa shape index (κ3) is 5.86. The van der Waals surface area contributed by atoms with E-state index in [2.05, 4.69) is 45.3 Å². The van der Waals surface area contributed by atoms with Gasteiger partial charge in [-0.3, -0.25) is 4.79 Å². The Morgan fingerprint density at radius 1 is 1.03 bits per heavy atom. The molecule has 5 nitrogen and oxygen atoms in total. The molecular formula is C26H23BrN2O3S. The summed E-state index contributed by atoms with van der Waals surface area (Å²) in [5, 5.41) is 3.38. The Balaban J connectivity index is 1.53. The minimum absolute atomic E-state index is 0.184. The molecule has 7 heteroatoms. The molecule has 4 rings (SSSR count). The summed E-state index contributed by atoms with van der Waals surface area (Å²) in [5.41, 5.74) is 5.03. The molecule has 0 atom stereocenters. The molecule has 3 aromatic carbocycles. The molecule has 0 spiro atoms. The number of aryl methyl sites for hydroxylation is 2. The number of halogens is 1. The molecule has 0 aromatic heterocycles. The average molecular weight is 523 g/mol. The van der Waals surface area contributed by atoms with Crippen LogP contribution in [-0.2, 0) is 11.4 Å². The number of aliphatic imine (C=N–C) groups is 1. The second kappa shape index (κ2) is 10.3. The first-order valence-corrected chi connectivity index (χ1v) is 11.9. The van der Waals surface area contributed by atoms with Crippen LogP contribution >= 0.6 is 27.7 Å². The Hall–Kier alpha value is -3.03. The third-order valence-corrected chi connectivity index (χ3v) is 6.56. The summed E-state index contributed by atoms with van der Waals surface area (Å²) in [5.74, 6) is 1.03. The molecule has 1 aliphatic heterocycles. The lowest BCUT2D eigenvalue weighted by Gasteiger charge is -2.13. The van der Waals surface area contributed by atoms with Gasteiger partial charge in [0.05, 0.1) is 17.7 Å². The molecule has 3 aromatic rings. The Morgan fingerprint density at radius 3 is 2.55 bits per heavy atom. The lowest BCUT2D eigenvalue weighted by atomic mass is 10.1. The van der Waals surface area contributed by atoms with Crippen molar-refractivity contribution in [3.05, 3.63) is 92.3 Å². The van der Waals surface area contributed by atoms with E-state index in [1.807, 2.05) is 61.5 Å². The number of benzene rings is 3. The van der Waals surface area contributed by atoms with Gasteiger partial charge in [-0.2, -0.15) is 0 Å². The van der Waals surface area contributed by atoms with Crippen LogP contribution in [0.4, 0.5) is 5.69 Å². The van der Waals surface area contributed by atoms with Gasteiger partial charge in [-0.1, -0.05) is 63.5 Å². The number of thioether (sulfide) groups is 1. The highest BCUT2D eigenvalue weighted by Gasteiger charge is 2.24. The van der Waals surface area contributed by atoms with Crippen LogP contribution in [0.5, 0.6) is 11.5 Å². The molecule has 168 valence electrons. The van der Waals surface area contributed by atoms with Crippen LogP contribution in [0.3, 0.4) is 0 Å². The number of nitrogens with zero attached hydrogens (tertiary/aromatic N) is 1. The van der Waals surface area contributed by atoms with Crippen molar-refractivity contribution in [2.75, 3.05) is 7.11 Å². The molecule has 0 unspecified atom stereocenters. The maximum absolute atomic E-state index is 12.5. The van der Waals surface area contributed by atoms with E-state index in [0.717, 1.165) is 26.9 Å². The van der Waals surface area contributed by atoms with Gasteiger partial charge >= 0.3 is 0 Å². The normalized spacial score (nSPS) is 15.7. The van der Waals surface area contributed by atoms with Crippen LogP contribution in [0.1, 0.15) is 22.3 Å². The van der Waals surface area contributed by atoms with Crippen molar-refractivity contribution in [3.63, 3.8) is 0 Å². The SMILES string of the molecule is COc1cc(/C=C2/SC(=Nc3ccc(C)cc3)NC2=O)c(Br)cc1OCc1cccc(C)c1. The van der Waals surface area contributed by atoms with E-state index >= 15 is 0 Å². The number of carbonyl (C=O) groups is 1. The number of ether oxygens (including phenoxy) is 2. The molecule has 1 fully saturated rings. The summed E-state index contributed by atoms with van der Waals surface area (Å²) in [6.07, 6.45) is 1.81. The summed E-state index contributed by atoms with van der Waals surface area (Å²) in [6.45, 7) is 4.51. The molecule has 33 heavy (non-hydrogen) atoms. The quantitative estimate of drug-likeness (QED) is 0.373. The van der Waals surface area contributed by atoms with Gasteiger partial charge in [0.15, 0.2) is 16.7 Å². The number of methoxy groups -OCH3 is 1. The summed E-state index contributed by atoms with van der Waals surface area (Å²) < 4.78 is 12.4. The van der Waals surface area contributed by atoms with Gasteiger partial charge < -0.3 is 14.8 Å². The van der Waals surface area contributed by atoms with Crippen LogP contribution in [0.2, 0.25) is 0 Å². The first-order valence-electron chi connectivity index (χ1n) is 10.3. The van der Waals surface area contributed by atoms with Gasteiger partial charge in [-0.25, -0.2) is 4.99 Å². The number of rotatable bonds is 6. The molecule has 1 N–H and O–H groups in total. The maximum Gasteiger partial charge on any atom is 0.264 e. The van der Waals surface area contributed by atoms with E-state index < -0.39 is 0 Å². The van der Waals surface area contributed by atoms with Crippen LogP contribution in [0.25, 0.3) is 6.08 Å². The third-order valence-electron chi connectivity index (χ3n) is 4.96. The Bertz CT molecular complexity index is 1250. The molecule has 1 amide bonds. The van der Waals surface area contributed by atoms with Crippen molar-refractivity contribution in [3.8, 4) is 11.5 Å². The molecule has 1 aliphatic rings. The first kappa shape index (κ1) is 23.1. The zero-order valence-corrected chi connectivity index (χ0v) is 20.9. The predicted octanol–water partition coefficient (Wildman–Crippen LogP) is 6.55. The molecule has 1 saturated heterocycles. The zero-order valence-electron chi connectivity index (χ0n) is 18.5. The molecule has 1 heterocycles. The van der Waals surface area contributed by atoms with Gasteiger partial charge in [0.25, 0.3) is 5.91 Å². The number of hydrogen-bond donors (Lipinski definition) is 1. The van der Waals surface area contributed by atoms with Crippen LogP contribution in [0, 0.1) is 13.8 Å².